The van der Waals surface area contributed by atoms with Crippen molar-refractivity contribution in [3.63, 3.8) is 0 Å². The molecule has 0 bridgehead atoms. The monoisotopic (exact) mass is 219 g/mol. The Bertz CT molecular complexity index is 542. The molecular weight excluding hydrogens is 206 g/mol. The lowest BCUT2D eigenvalue weighted by Gasteiger charge is -2.02. The normalized spacial score (nSPS) is 10.4. The molecule has 1 N–H and O–H groups in total. The Kier molecular flexibility index (Phi) is 2.72. The second-order valence-electron chi connectivity index (χ2n) is 3.40. The van der Waals surface area contributed by atoms with Crippen molar-refractivity contribution in [2.24, 2.45) is 7.05 Å². The fourth-order valence-electron chi connectivity index (χ4n) is 1.32. The average molecular weight is 219 g/mol. The fraction of sp³-hybridized carbons (Fsp3) is 0.300. The maximum atomic E-state index is 11.7. The molecule has 0 aliphatic carbocycles. The third-order valence-electron chi connectivity index (χ3n) is 2.24. The number of anilines is 2. The van der Waals surface area contributed by atoms with Gasteiger partial charge in [0, 0.05) is 32.2 Å². The largest absolute Gasteiger partial charge is 0.333 e. The number of nitrogens with zero attached hydrogens (tertiary/aromatic N) is 4. The maximum Gasteiger partial charge on any atom is 0.293 e. The minimum absolute atomic E-state index is 0.160. The zero-order valence-corrected chi connectivity index (χ0v) is 9.21. The molecule has 0 saturated carbocycles. The van der Waals surface area contributed by atoms with Crippen LogP contribution in [0.3, 0.4) is 0 Å². The Balaban J connectivity index is 2.27. The zero-order chi connectivity index (χ0) is 11.5. The topological polar surface area (TPSA) is 64.7 Å². The minimum Gasteiger partial charge on any atom is -0.333 e. The van der Waals surface area contributed by atoms with E-state index in [1.165, 1.54) is 4.57 Å². The Morgan fingerprint density at radius 3 is 3.00 bits per heavy atom. The molecule has 84 valence electrons. The molecule has 16 heavy (non-hydrogen) atoms. The molecule has 0 amide bonds. The van der Waals surface area contributed by atoms with Crippen LogP contribution < -0.4 is 10.9 Å². The van der Waals surface area contributed by atoms with E-state index >= 15 is 0 Å². The quantitative estimate of drug-likeness (QED) is 0.827. The first-order valence-electron chi connectivity index (χ1n) is 5.02. The van der Waals surface area contributed by atoms with Gasteiger partial charge in [-0.3, -0.25) is 9.48 Å². The first-order valence-corrected chi connectivity index (χ1v) is 5.02. The van der Waals surface area contributed by atoms with Crippen LogP contribution in [-0.4, -0.2) is 19.3 Å². The molecule has 2 heterocycles. The molecule has 0 aliphatic heterocycles. The smallest absolute Gasteiger partial charge is 0.293 e. The Morgan fingerprint density at radius 2 is 2.31 bits per heavy atom. The fourth-order valence-corrected chi connectivity index (χ4v) is 1.32. The molecule has 0 radical (unpaired) electrons. The van der Waals surface area contributed by atoms with Gasteiger partial charge in [0.15, 0.2) is 5.82 Å². The summed E-state index contributed by atoms with van der Waals surface area (Å²) in [5.74, 6) is 0.306. The highest BCUT2D eigenvalue weighted by Crippen LogP contribution is 2.09. The van der Waals surface area contributed by atoms with Crippen molar-refractivity contribution < 1.29 is 0 Å². The van der Waals surface area contributed by atoms with Gasteiger partial charge in [0.2, 0.25) is 0 Å². The molecule has 0 aromatic carbocycles. The molecule has 0 atom stereocenters. The van der Waals surface area contributed by atoms with E-state index in [9.17, 15) is 4.79 Å². The molecule has 2 aromatic rings. The summed E-state index contributed by atoms with van der Waals surface area (Å²) in [5.41, 5.74) is 0.601. The Labute approximate surface area is 92.6 Å². The first kappa shape index (κ1) is 10.4. The van der Waals surface area contributed by atoms with Gasteiger partial charge in [-0.25, -0.2) is 4.98 Å². The predicted octanol–water partition coefficient (Wildman–Crippen LogP) is 0.740. The van der Waals surface area contributed by atoms with Gasteiger partial charge in [0.25, 0.3) is 5.56 Å². The standard InChI is InChI=1S/C10H13N5O/c1-3-15-7-8(6-12-15)13-9-10(16)14(2)5-4-11-9/h4-7H,3H2,1-2H3,(H,11,13). The molecular formula is C10H13N5O. The van der Waals surface area contributed by atoms with Crippen LogP contribution in [0.1, 0.15) is 6.92 Å². The summed E-state index contributed by atoms with van der Waals surface area (Å²) in [7, 11) is 1.69. The number of aryl methyl sites for hydroxylation is 2. The van der Waals surface area contributed by atoms with Crippen LogP contribution in [0, 0.1) is 0 Å². The summed E-state index contributed by atoms with van der Waals surface area (Å²) >= 11 is 0. The lowest BCUT2D eigenvalue weighted by molar-refractivity contribution is 0.660. The third kappa shape index (κ3) is 1.95. The van der Waals surface area contributed by atoms with E-state index in [4.69, 9.17) is 0 Å². The van der Waals surface area contributed by atoms with Crippen LogP contribution in [0.2, 0.25) is 0 Å². The van der Waals surface area contributed by atoms with E-state index in [1.807, 2.05) is 13.1 Å². The Hall–Kier alpha value is -2.11. The molecule has 2 rings (SSSR count). The predicted molar refractivity (Wildman–Crippen MR) is 60.7 cm³/mol. The van der Waals surface area contributed by atoms with Crippen molar-refractivity contribution in [1.82, 2.24) is 19.3 Å². The van der Waals surface area contributed by atoms with Crippen LogP contribution in [0.4, 0.5) is 11.5 Å². The van der Waals surface area contributed by atoms with Crippen LogP contribution in [0.25, 0.3) is 0 Å². The molecule has 6 heteroatoms. The van der Waals surface area contributed by atoms with Crippen molar-refractivity contribution in [3.05, 3.63) is 35.1 Å². The Morgan fingerprint density at radius 1 is 1.50 bits per heavy atom. The molecule has 6 nitrogen and oxygen atoms in total. The third-order valence-corrected chi connectivity index (χ3v) is 2.24. The lowest BCUT2D eigenvalue weighted by Crippen LogP contribution is -2.20. The van der Waals surface area contributed by atoms with Gasteiger partial charge in [-0.2, -0.15) is 5.10 Å². The number of hydrogen-bond acceptors (Lipinski definition) is 4. The second-order valence-corrected chi connectivity index (χ2v) is 3.40. The van der Waals surface area contributed by atoms with Crippen LogP contribution >= 0.6 is 0 Å². The minimum atomic E-state index is -0.160. The van der Waals surface area contributed by atoms with E-state index < -0.39 is 0 Å². The average Bonchev–Trinajstić information content (AvgIpc) is 2.73. The second kappa shape index (κ2) is 4.18. The van der Waals surface area contributed by atoms with Gasteiger partial charge >= 0.3 is 0 Å². The molecule has 0 spiro atoms. The van der Waals surface area contributed by atoms with Gasteiger partial charge in [0.05, 0.1) is 11.9 Å². The first-order chi connectivity index (χ1) is 7.70. The van der Waals surface area contributed by atoms with E-state index in [1.54, 1.807) is 30.3 Å². The van der Waals surface area contributed by atoms with Gasteiger partial charge < -0.3 is 9.88 Å². The van der Waals surface area contributed by atoms with Crippen molar-refractivity contribution in [2.75, 3.05) is 5.32 Å². The summed E-state index contributed by atoms with van der Waals surface area (Å²) in [6.45, 7) is 2.79. The summed E-state index contributed by atoms with van der Waals surface area (Å²) < 4.78 is 3.25. The van der Waals surface area contributed by atoms with Gasteiger partial charge in [-0.05, 0) is 6.92 Å². The zero-order valence-electron chi connectivity index (χ0n) is 9.21. The van der Waals surface area contributed by atoms with Crippen molar-refractivity contribution in [3.8, 4) is 0 Å². The van der Waals surface area contributed by atoms with Crippen molar-refractivity contribution >= 4 is 11.5 Å². The summed E-state index contributed by atoms with van der Waals surface area (Å²) in [5, 5.41) is 7.04. The summed E-state index contributed by atoms with van der Waals surface area (Å²) in [6.07, 6.45) is 6.68. The van der Waals surface area contributed by atoms with E-state index in [2.05, 4.69) is 15.4 Å². The molecule has 0 fully saturated rings. The van der Waals surface area contributed by atoms with E-state index in [0.717, 1.165) is 12.2 Å². The molecule has 0 saturated heterocycles. The lowest BCUT2D eigenvalue weighted by atomic mass is 10.5. The van der Waals surface area contributed by atoms with Gasteiger partial charge in [-0.15, -0.1) is 0 Å². The molecule has 0 aliphatic rings. The SMILES string of the molecule is CCn1cc(Nc2nccn(C)c2=O)cn1. The van der Waals surface area contributed by atoms with E-state index in [0.29, 0.717) is 5.82 Å². The molecule has 0 unspecified atom stereocenters. The van der Waals surface area contributed by atoms with Gasteiger partial charge in [-0.1, -0.05) is 0 Å². The van der Waals surface area contributed by atoms with E-state index in [-0.39, 0.29) is 5.56 Å². The van der Waals surface area contributed by atoms with Crippen LogP contribution in [0.15, 0.2) is 29.6 Å². The highest BCUT2D eigenvalue weighted by molar-refractivity contribution is 5.52. The van der Waals surface area contributed by atoms with Crippen LogP contribution in [-0.2, 0) is 13.6 Å². The summed E-state index contributed by atoms with van der Waals surface area (Å²) in [4.78, 5) is 15.6. The number of hydrogen-bond donors (Lipinski definition) is 1. The highest BCUT2D eigenvalue weighted by atomic mass is 16.1. The molecule has 2 aromatic heterocycles. The van der Waals surface area contributed by atoms with Gasteiger partial charge in [0.1, 0.15) is 0 Å². The van der Waals surface area contributed by atoms with Crippen molar-refractivity contribution in [1.29, 1.82) is 0 Å². The number of nitrogens with one attached hydrogen (secondary N) is 1. The summed E-state index contributed by atoms with van der Waals surface area (Å²) in [6, 6.07) is 0. The van der Waals surface area contributed by atoms with Crippen molar-refractivity contribution in [2.45, 2.75) is 13.5 Å². The number of aromatic nitrogens is 4. The van der Waals surface area contributed by atoms with Crippen LogP contribution in [0.5, 0.6) is 0 Å². The number of rotatable bonds is 3. The highest BCUT2D eigenvalue weighted by Gasteiger charge is 2.04. The maximum absolute atomic E-state index is 11.7.